The molecule has 0 heterocycles. The highest BCUT2D eigenvalue weighted by molar-refractivity contribution is 9.10. The lowest BCUT2D eigenvalue weighted by molar-refractivity contribution is -0.123. The van der Waals surface area contributed by atoms with Gasteiger partial charge in [-0.15, -0.1) is 0 Å². The zero-order chi connectivity index (χ0) is 13.7. The molecule has 0 saturated heterocycles. The van der Waals surface area contributed by atoms with Gasteiger partial charge >= 0.3 is 0 Å². The molecule has 100 valence electrons. The topological polar surface area (TPSA) is 29.1 Å². The lowest BCUT2D eigenvalue weighted by atomic mass is 9.99. The van der Waals surface area contributed by atoms with E-state index in [1.807, 2.05) is 30.4 Å². The van der Waals surface area contributed by atoms with Crippen molar-refractivity contribution in [2.45, 2.75) is 12.8 Å². The van der Waals surface area contributed by atoms with Gasteiger partial charge in [0.05, 0.1) is 5.92 Å². The number of benzene rings is 1. The van der Waals surface area contributed by atoms with Crippen LogP contribution in [0.4, 0.5) is 0 Å². The Morgan fingerprint density at radius 3 is 3.05 bits per heavy atom. The molecule has 1 unspecified atom stereocenters. The highest BCUT2D eigenvalue weighted by atomic mass is 79.9. The number of allylic oxidation sites excluding steroid dienone is 3. The second kappa shape index (κ2) is 6.92. The summed E-state index contributed by atoms with van der Waals surface area (Å²) in [5.41, 5.74) is 1.19. The van der Waals surface area contributed by atoms with Gasteiger partial charge in [-0.1, -0.05) is 51.8 Å². The predicted octanol–water partition coefficient (Wildman–Crippen LogP) is 3.81. The van der Waals surface area contributed by atoms with E-state index in [9.17, 15) is 4.79 Å². The third kappa shape index (κ3) is 4.22. The minimum absolute atomic E-state index is 0.000553. The molecule has 1 amide bonds. The maximum absolute atomic E-state index is 12.0. The first-order valence-electron chi connectivity index (χ1n) is 6.21. The summed E-state index contributed by atoms with van der Waals surface area (Å²) >= 11 is 9.47. The van der Waals surface area contributed by atoms with E-state index in [4.69, 9.17) is 11.6 Å². The quantitative estimate of drug-likeness (QED) is 0.887. The van der Waals surface area contributed by atoms with Crippen molar-refractivity contribution < 1.29 is 4.79 Å². The predicted molar refractivity (Wildman–Crippen MR) is 82.0 cm³/mol. The van der Waals surface area contributed by atoms with Crippen LogP contribution in [0.2, 0.25) is 0 Å². The van der Waals surface area contributed by atoms with Gasteiger partial charge in [0.25, 0.3) is 0 Å². The summed E-state index contributed by atoms with van der Waals surface area (Å²) in [5.74, 6) is -0.227. The van der Waals surface area contributed by atoms with Crippen LogP contribution in [-0.2, 0) is 11.2 Å². The molecule has 0 saturated carbocycles. The minimum atomic E-state index is -0.228. The lowest BCUT2D eigenvalue weighted by Gasteiger charge is -2.16. The summed E-state index contributed by atoms with van der Waals surface area (Å²) in [6.45, 7) is 0.625. The summed E-state index contributed by atoms with van der Waals surface area (Å²) in [5, 5.41) is 3.55. The maximum Gasteiger partial charge on any atom is 0.228 e. The van der Waals surface area contributed by atoms with Gasteiger partial charge in [-0.3, -0.25) is 4.79 Å². The van der Waals surface area contributed by atoms with Gasteiger partial charge in [0, 0.05) is 16.0 Å². The number of hydrogen-bond acceptors (Lipinski definition) is 1. The lowest BCUT2D eigenvalue weighted by Crippen LogP contribution is -2.32. The molecule has 1 aliphatic carbocycles. The molecule has 0 aromatic heterocycles. The van der Waals surface area contributed by atoms with Gasteiger partial charge in [-0.2, -0.15) is 0 Å². The Hall–Kier alpha value is -1.06. The van der Waals surface area contributed by atoms with Crippen LogP contribution in [-0.4, -0.2) is 12.5 Å². The van der Waals surface area contributed by atoms with Gasteiger partial charge in [-0.25, -0.2) is 0 Å². The van der Waals surface area contributed by atoms with Crippen molar-refractivity contribution in [2.75, 3.05) is 6.54 Å². The zero-order valence-corrected chi connectivity index (χ0v) is 12.7. The minimum Gasteiger partial charge on any atom is -0.355 e. The van der Waals surface area contributed by atoms with E-state index < -0.39 is 0 Å². The summed E-state index contributed by atoms with van der Waals surface area (Å²) in [6, 6.07) is 8.09. The molecule has 0 fully saturated rings. The van der Waals surface area contributed by atoms with Gasteiger partial charge in [0.2, 0.25) is 5.91 Å². The SMILES string of the molecule is O=C(NCCc1cccc(Br)c1)C1CC=CC=C1Cl. The van der Waals surface area contributed by atoms with Crippen molar-refractivity contribution >= 4 is 33.4 Å². The molecule has 2 rings (SSSR count). The van der Waals surface area contributed by atoms with E-state index in [-0.39, 0.29) is 11.8 Å². The van der Waals surface area contributed by atoms with E-state index >= 15 is 0 Å². The normalized spacial score (nSPS) is 18.0. The standard InChI is InChI=1S/C15H15BrClNO/c16-12-5-3-4-11(10-12)8-9-18-15(19)13-6-1-2-7-14(13)17/h1-5,7,10,13H,6,8-9H2,(H,18,19). The van der Waals surface area contributed by atoms with Crippen molar-refractivity contribution in [1.29, 1.82) is 0 Å². The molecule has 1 aromatic rings. The first kappa shape index (κ1) is 14.4. The van der Waals surface area contributed by atoms with E-state index in [0.29, 0.717) is 18.0 Å². The van der Waals surface area contributed by atoms with E-state index in [2.05, 4.69) is 27.3 Å². The van der Waals surface area contributed by atoms with Crippen molar-refractivity contribution in [1.82, 2.24) is 5.32 Å². The van der Waals surface area contributed by atoms with Gasteiger partial charge in [-0.05, 0) is 36.6 Å². The number of amides is 1. The Kier molecular flexibility index (Phi) is 5.23. The number of halogens is 2. The molecule has 1 aliphatic rings. The monoisotopic (exact) mass is 339 g/mol. The molecular weight excluding hydrogens is 326 g/mol. The fourth-order valence-electron chi connectivity index (χ4n) is 1.98. The maximum atomic E-state index is 12.0. The first-order valence-corrected chi connectivity index (χ1v) is 7.38. The van der Waals surface area contributed by atoms with E-state index in [1.54, 1.807) is 6.08 Å². The average molecular weight is 341 g/mol. The van der Waals surface area contributed by atoms with Crippen molar-refractivity contribution in [3.8, 4) is 0 Å². The van der Waals surface area contributed by atoms with Crippen molar-refractivity contribution in [3.05, 3.63) is 57.6 Å². The van der Waals surface area contributed by atoms with Crippen LogP contribution in [0, 0.1) is 5.92 Å². The van der Waals surface area contributed by atoms with E-state index in [1.165, 1.54) is 5.56 Å². The molecule has 4 heteroatoms. The Morgan fingerprint density at radius 2 is 2.32 bits per heavy atom. The van der Waals surface area contributed by atoms with Crippen LogP contribution in [0.15, 0.2) is 52.0 Å². The third-order valence-electron chi connectivity index (χ3n) is 3.01. The molecule has 0 aliphatic heterocycles. The van der Waals surface area contributed by atoms with Gasteiger partial charge < -0.3 is 5.32 Å². The molecule has 0 spiro atoms. The smallest absolute Gasteiger partial charge is 0.228 e. The molecule has 1 aromatic carbocycles. The van der Waals surface area contributed by atoms with Crippen LogP contribution >= 0.6 is 27.5 Å². The van der Waals surface area contributed by atoms with Crippen molar-refractivity contribution in [2.24, 2.45) is 5.92 Å². The summed E-state index contributed by atoms with van der Waals surface area (Å²) in [4.78, 5) is 12.0. The number of hydrogen-bond donors (Lipinski definition) is 1. The fourth-order valence-corrected chi connectivity index (χ4v) is 2.69. The molecular formula is C15H15BrClNO. The Labute approximate surface area is 126 Å². The number of rotatable bonds is 4. The third-order valence-corrected chi connectivity index (χ3v) is 3.90. The van der Waals surface area contributed by atoms with Crippen LogP contribution in [0.25, 0.3) is 0 Å². The fraction of sp³-hybridized carbons (Fsp3) is 0.267. The summed E-state index contributed by atoms with van der Waals surface area (Å²) < 4.78 is 1.06. The van der Waals surface area contributed by atoms with Gasteiger partial charge in [0.15, 0.2) is 0 Å². The largest absolute Gasteiger partial charge is 0.355 e. The Bertz CT molecular complexity index is 525. The van der Waals surface area contributed by atoms with Crippen LogP contribution in [0.5, 0.6) is 0 Å². The molecule has 2 nitrogen and oxygen atoms in total. The van der Waals surface area contributed by atoms with E-state index in [0.717, 1.165) is 10.9 Å². The highest BCUT2D eigenvalue weighted by Crippen LogP contribution is 2.23. The van der Waals surface area contributed by atoms with Crippen LogP contribution in [0.1, 0.15) is 12.0 Å². The Balaban J connectivity index is 1.81. The average Bonchev–Trinajstić information content (AvgIpc) is 2.39. The van der Waals surface area contributed by atoms with Gasteiger partial charge in [0.1, 0.15) is 0 Å². The number of nitrogens with one attached hydrogen (secondary N) is 1. The number of carbonyl (C=O) groups excluding carboxylic acids is 1. The van der Waals surface area contributed by atoms with Crippen molar-refractivity contribution in [3.63, 3.8) is 0 Å². The van der Waals surface area contributed by atoms with Crippen LogP contribution in [0.3, 0.4) is 0 Å². The zero-order valence-electron chi connectivity index (χ0n) is 10.4. The molecule has 1 N–H and O–H groups in total. The molecule has 1 atom stereocenters. The summed E-state index contributed by atoms with van der Waals surface area (Å²) in [6.07, 6.45) is 7.12. The summed E-state index contributed by atoms with van der Waals surface area (Å²) in [7, 11) is 0. The molecule has 0 bridgehead atoms. The molecule has 19 heavy (non-hydrogen) atoms. The molecule has 0 radical (unpaired) electrons. The first-order chi connectivity index (χ1) is 9.16. The number of carbonyl (C=O) groups is 1. The Morgan fingerprint density at radius 1 is 1.47 bits per heavy atom. The van der Waals surface area contributed by atoms with Crippen LogP contribution < -0.4 is 5.32 Å². The highest BCUT2D eigenvalue weighted by Gasteiger charge is 2.21. The second-order valence-corrected chi connectivity index (χ2v) is 5.79. The second-order valence-electron chi connectivity index (χ2n) is 4.44.